The number of carboxylic acids is 1. The van der Waals surface area contributed by atoms with Crippen molar-refractivity contribution in [3.8, 4) is 0 Å². The zero-order valence-corrected chi connectivity index (χ0v) is 10.6. The molecular weight excluding hydrogens is 236 g/mol. The predicted octanol–water partition coefficient (Wildman–Crippen LogP) is 1.19. The summed E-state index contributed by atoms with van der Waals surface area (Å²) < 4.78 is 11.0. The van der Waals surface area contributed by atoms with Gasteiger partial charge in [-0.05, 0) is 38.5 Å². The summed E-state index contributed by atoms with van der Waals surface area (Å²) in [6.07, 6.45) is 4.37. The fraction of sp³-hybridized carbons (Fsp3) is 0.923. The Morgan fingerprint density at radius 2 is 2.06 bits per heavy atom. The molecule has 5 nitrogen and oxygen atoms in total. The Morgan fingerprint density at radius 1 is 1.33 bits per heavy atom. The van der Waals surface area contributed by atoms with Crippen molar-refractivity contribution in [1.82, 2.24) is 0 Å². The Hall–Kier alpha value is -0.650. The largest absolute Gasteiger partial charge is 0.481 e. The van der Waals surface area contributed by atoms with E-state index < -0.39 is 11.6 Å². The number of hydrogen-bond acceptors (Lipinski definition) is 4. The van der Waals surface area contributed by atoms with Crippen LogP contribution >= 0.6 is 0 Å². The summed E-state index contributed by atoms with van der Waals surface area (Å²) in [6.45, 7) is 1.63. The van der Waals surface area contributed by atoms with E-state index in [1.165, 1.54) is 0 Å². The molecule has 0 amide bonds. The standard InChI is InChI=1S/C13H22O5/c14-12(15)10-3-5-13(16,6-4-10)9-17-8-11-2-1-7-18-11/h10-11,16H,1-9H2,(H,14,15). The molecule has 2 N–H and O–H groups in total. The molecule has 0 bridgehead atoms. The lowest BCUT2D eigenvalue weighted by Gasteiger charge is -2.34. The van der Waals surface area contributed by atoms with Gasteiger partial charge in [0.1, 0.15) is 0 Å². The zero-order chi connectivity index (χ0) is 13.0. The van der Waals surface area contributed by atoms with E-state index in [0.29, 0.717) is 38.9 Å². The number of aliphatic hydroxyl groups is 1. The average molecular weight is 258 g/mol. The van der Waals surface area contributed by atoms with Crippen LogP contribution in [0, 0.1) is 5.92 Å². The Bertz CT molecular complexity index is 277. The van der Waals surface area contributed by atoms with E-state index in [1.54, 1.807) is 0 Å². The molecule has 0 aromatic heterocycles. The van der Waals surface area contributed by atoms with Gasteiger partial charge in [-0.25, -0.2) is 0 Å². The summed E-state index contributed by atoms with van der Waals surface area (Å²) in [7, 11) is 0. The number of aliphatic carboxylic acids is 1. The van der Waals surface area contributed by atoms with Gasteiger partial charge in [0.2, 0.25) is 0 Å². The third kappa shape index (κ3) is 3.67. The highest BCUT2D eigenvalue weighted by molar-refractivity contribution is 5.70. The van der Waals surface area contributed by atoms with Crippen LogP contribution in [0.15, 0.2) is 0 Å². The molecule has 0 aromatic rings. The molecule has 1 saturated carbocycles. The van der Waals surface area contributed by atoms with Gasteiger partial charge in [0.15, 0.2) is 0 Å². The maximum Gasteiger partial charge on any atom is 0.306 e. The predicted molar refractivity (Wildman–Crippen MR) is 64.3 cm³/mol. The van der Waals surface area contributed by atoms with Crippen molar-refractivity contribution in [1.29, 1.82) is 0 Å². The second kappa shape index (κ2) is 5.99. The fourth-order valence-electron chi connectivity index (χ4n) is 2.70. The molecule has 2 aliphatic rings. The van der Waals surface area contributed by atoms with E-state index in [-0.39, 0.29) is 12.0 Å². The number of carboxylic acid groups (broad SMARTS) is 1. The van der Waals surface area contributed by atoms with Gasteiger partial charge in [0.25, 0.3) is 0 Å². The number of ether oxygens (including phenoxy) is 2. The van der Waals surface area contributed by atoms with Crippen LogP contribution in [0.25, 0.3) is 0 Å². The maximum absolute atomic E-state index is 10.8. The topological polar surface area (TPSA) is 76.0 Å². The number of rotatable bonds is 5. The second-order valence-electron chi connectivity index (χ2n) is 5.49. The summed E-state index contributed by atoms with van der Waals surface area (Å²) in [4.78, 5) is 10.8. The van der Waals surface area contributed by atoms with E-state index in [9.17, 15) is 9.90 Å². The molecule has 18 heavy (non-hydrogen) atoms. The Balaban J connectivity index is 1.67. The normalized spacial score (nSPS) is 36.7. The molecule has 0 radical (unpaired) electrons. The summed E-state index contributed by atoms with van der Waals surface area (Å²) in [6, 6.07) is 0. The maximum atomic E-state index is 10.8. The van der Waals surface area contributed by atoms with Crippen LogP contribution in [0.4, 0.5) is 0 Å². The molecule has 1 heterocycles. The van der Waals surface area contributed by atoms with Gasteiger partial charge in [0.05, 0.1) is 30.8 Å². The van der Waals surface area contributed by atoms with Gasteiger partial charge in [0, 0.05) is 6.61 Å². The second-order valence-corrected chi connectivity index (χ2v) is 5.49. The molecule has 1 saturated heterocycles. The van der Waals surface area contributed by atoms with Crippen molar-refractivity contribution in [2.75, 3.05) is 19.8 Å². The van der Waals surface area contributed by atoms with Crippen molar-refractivity contribution < 1.29 is 24.5 Å². The van der Waals surface area contributed by atoms with Crippen molar-refractivity contribution >= 4 is 5.97 Å². The molecule has 104 valence electrons. The minimum atomic E-state index is -0.843. The molecule has 1 unspecified atom stereocenters. The molecule has 1 aliphatic heterocycles. The van der Waals surface area contributed by atoms with Crippen LogP contribution in [0.2, 0.25) is 0 Å². The monoisotopic (exact) mass is 258 g/mol. The first-order chi connectivity index (χ1) is 8.59. The first kappa shape index (κ1) is 13.8. The van der Waals surface area contributed by atoms with Crippen LogP contribution in [0.5, 0.6) is 0 Å². The summed E-state index contributed by atoms with van der Waals surface area (Å²) >= 11 is 0. The lowest BCUT2D eigenvalue weighted by Crippen LogP contribution is -2.40. The molecule has 5 heteroatoms. The smallest absolute Gasteiger partial charge is 0.306 e. The van der Waals surface area contributed by atoms with Gasteiger partial charge < -0.3 is 19.7 Å². The summed E-state index contributed by atoms with van der Waals surface area (Å²) in [5.74, 6) is -1.05. The van der Waals surface area contributed by atoms with Crippen molar-refractivity contribution in [3.63, 3.8) is 0 Å². The molecule has 0 spiro atoms. The highest BCUT2D eigenvalue weighted by atomic mass is 16.5. The highest BCUT2D eigenvalue weighted by Crippen LogP contribution is 2.32. The fourth-order valence-corrected chi connectivity index (χ4v) is 2.70. The van der Waals surface area contributed by atoms with Crippen LogP contribution in [-0.2, 0) is 14.3 Å². The van der Waals surface area contributed by atoms with Crippen molar-refractivity contribution in [2.24, 2.45) is 5.92 Å². The van der Waals surface area contributed by atoms with Gasteiger partial charge >= 0.3 is 5.97 Å². The van der Waals surface area contributed by atoms with Crippen LogP contribution < -0.4 is 0 Å². The first-order valence-electron chi connectivity index (χ1n) is 6.74. The number of hydrogen-bond donors (Lipinski definition) is 2. The third-order valence-electron chi connectivity index (χ3n) is 3.96. The van der Waals surface area contributed by atoms with Crippen LogP contribution in [-0.4, -0.2) is 47.7 Å². The van der Waals surface area contributed by atoms with E-state index in [2.05, 4.69) is 0 Å². The Kier molecular flexibility index (Phi) is 4.59. The Morgan fingerprint density at radius 3 is 2.61 bits per heavy atom. The van der Waals surface area contributed by atoms with Gasteiger partial charge in [-0.15, -0.1) is 0 Å². The Labute approximate surface area is 107 Å². The highest BCUT2D eigenvalue weighted by Gasteiger charge is 2.36. The van der Waals surface area contributed by atoms with Gasteiger partial charge in [-0.1, -0.05) is 0 Å². The molecule has 1 atom stereocenters. The summed E-state index contributed by atoms with van der Waals surface area (Å²) in [5.41, 5.74) is -0.843. The average Bonchev–Trinajstić information content (AvgIpc) is 2.82. The molecule has 1 aliphatic carbocycles. The van der Waals surface area contributed by atoms with Gasteiger partial charge in [-0.2, -0.15) is 0 Å². The number of carbonyl (C=O) groups is 1. The minimum absolute atomic E-state index is 0.170. The van der Waals surface area contributed by atoms with E-state index >= 15 is 0 Å². The van der Waals surface area contributed by atoms with E-state index in [1.807, 2.05) is 0 Å². The van der Waals surface area contributed by atoms with Crippen LogP contribution in [0.1, 0.15) is 38.5 Å². The lowest BCUT2D eigenvalue weighted by molar-refractivity contribution is -0.146. The van der Waals surface area contributed by atoms with Crippen molar-refractivity contribution in [2.45, 2.75) is 50.2 Å². The SMILES string of the molecule is O=C(O)C1CCC(O)(COCC2CCCO2)CC1. The molecule has 0 aromatic carbocycles. The van der Waals surface area contributed by atoms with Crippen molar-refractivity contribution in [3.05, 3.63) is 0 Å². The molecular formula is C13H22O5. The minimum Gasteiger partial charge on any atom is -0.481 e. The van der Waals surface area contributed by atoms with E-state index in [4.69, 9.17) is 14.6 Å². The van der Waals surface area contributed by atoms with E-state index in [0.717, 1.165) is 19.4 Å². The third-order valence-corrected chi connectivity index (χ3v) is 3.96. The summed E-state index contributed by atoms with van der Waals surface area (Å²) in [5, 5.41) is 19.2. The first-order valence-corrected chi connectivity index (χ1v) is 6.74. The van der Waals surface area contributed by atoms with Crippen LogP contribution in [0.3, 0.4) is 0 Å². The van der Waals surface area contributed by atoms with Gasteiger partial charge in [-0.3, -0.25) is 4.79 Å². The molecule has 2 rings (SSSR count). The zero-order valence-electron chi connectivity index (χ0n) is 10.6. The lowest BCUT2D eigenvalue weighted by atomic mass is 9.79. The molecule has 2 fully saturated rings. The quantitative estimate of drug-likeness (QED) is 0.774.